The van der Waals surface area contributed by atoms with Crippen LogP contribution in [0.4, 0.5) is 0 Å². The molecule has 0 aliphatic carbocycles. The maximum atomic E-state index is 11.3. The van der Waals surface area contributed by atoms with Gasteiger partial charge >= 0.3 is 0 Å². The predicted molar refractivity (Wildman–Crippen MR) is 70.4 cm³/mol. The lowest BCUT2D eigenvalue weighted by Gasteiger charge is -2.05. The summed E-state index contributed by atoms with van der Waals surface area (Å²) in [7, 11) is 1.62. The van der Waals surface area contributed by atoms with Gasteiger partial charge in [0.05, 0.1) is 6.61 Å². The second-order valence-electron chi connectivity index (χ2n) is 3.67. The van der Waals surface area contributed by atoms with Crippen LogP contribution in [0.15, 0.2) is 17.5 Å². The molecule has 17 heavy (non-hydrogen) atoms. The van der Waals surface area contributed by atoms with Crippen molar-refractivity contribution in [3.63, 3.8) is 0 Å². The Bertz CT molecular complexity index is 301. The van der Waals surface area contributed by atoms with Gasteiger partial charge in [0.25, 0.3) is 0 Å². The van der Waals surface area contributed by atoms with Crippen molar-refractivity contribution in [2.45, 2.75) is 12.8 Å². The minimum Gasteiger partial charge on any atom is -0.383 e. The summed E-state index contributed by atoms with van der Waals surface area (Å²) >= 11 is 1.77. The van der Waals surface area contributed by atoms with Crippen LogP contribution in [0.1, 0.15) is 11.3 Å². The van der Waals surface area contributed by atoms with Crippen LogP contribution in [-0.2, 0) is 16.0 Å². The molecular formula is C12H20N2O2S. The predicted octanol–water partition coefficient (Wildman–Crippen LogP) is 1.03. The average Bonchev–Trinajstić information content (AvgIpc) is 2.82. The van der Waals surface area contributed by atoms with E-state index < -0.39 is 0 Å². The maximum absolute atomic E-state index is 11.3. The molecule has 1 aromatic rings. The number of nitrogens with one attached hydrogen (secondary N) is 2. The van der Waals surface area contributed by atoms with Gasteiger partial charge in [-0.05, 0) is 24.4 Å². The molecule has 0 spiro atoms. The summed E-state index contributed by atoms with van der Waals surface area (Å²) < 4.78 is 4.85. The Morgan fingerprint density at radius 3 is 3.00 bits per heavy atom. The molecule has 1 aromatic heterocycles. The minimum atomic E-state index is 0.0747. The zero-order chi connectivity index (χ0) is 12.3. The molecule has 0 atom stereocenters. The fourth-order valence-corrected chi connectivity index (χ4v) is 2.08. The molecule has 1 heterocycles. The van der Waals surface area contributed by atoms with Crippen LogP contribution in [0.5, 0.6) is 0 Å². The molecule has 0 fully saturated rings. The number of methoxy groups -OCH3 is 1. The quantitative estimate of drug-likeness (QED) is 0.649. The van der Waals surface area contributed by atoms with E-state index in [1.807, 2.05) is 0 Å². The van der Waals surface area contributed by atoms with Gasteiger partial charge in [0.1, 0.15) is 0 Å². The van der Waals surface area contributed by atoms with Gasteiger partial charge in [-0.1, -0.05) is 6.07 Å². The third-order valence-corrected chi connectivity index (χ3v) is 3.22. The number of thiophene rings is 1. The summed E-state index contributed by atoms with van der Waals surface area (Å²) in [4.78, 5) is 12.7. The Balaban J connectivity index is 1.91. The highest BCUT2D eigenvalue weighted by Crippen LogP contribution is 2.07. The fourth-order valence-electron chi connectivity index (χ4n) is 1.37. The first-order chi connectivity index (χ1) is 8.33. The van der Waals surface area contributed by atoms with E-state index >= 15 is 0 Å². The van der Waals surface area contributed by atoms with Crippen LogP contribution in [0.25, 0.3) is 0 Å². The van der Waals surface area contributed by atoms with Crippen LogP contribution < -0.4 is 10.6 Å². The standard InChI is InChI=1S/C12H20N2O2S/c1-16-9-8-14-12(15)5-7-13-6-4-11-3-2-10-17-11/h2-3,10,13H,4-9H2,1H3,(H,14,15). The van der Waals surface area contributed by atoms with Crippen molar-refractivity contribution in [1.29, 1.82) is 0 Å². The Labute approximate surface area is 106 Å². The number of carbonyl (C=O) groups is 1. The molecule has 1 amide bonds. The Hall–Kier alpha value is -0.910. The third-order valence-electron chi connectivity index (χ3n) is 2.29. The third kappa shape index (κ3) is 7.10. The van der Waals surface area contributed by atoms with E-state index in [0.717, 1.165) is 19.5 Å². The molecule has 1 rings (SSSR count). The normalized spacial score (nSPS) is 10.4. The summed E-state index contributed by atoms with van der Waals surface area (Å²) in [6, 6.07) is 4.19. The lowest BCUT2D eigenvalue weighted by Crippen LogP contribution is -2.30. The van der Waals surface area contributed by atoms with Crippen LogP contribution in [0.3, 0.4) is 0 Å². The van der Waals surface area contributed by atoms with E-state index in [4.69, 9.17) is 4.74 Å². The van der Waals surface area contributed by atoms with E-state index in [-0.39, 0.29) is 5.91 Å². The van der Waals surface area contributed by atoms with Crippen LogP contribution >= 0.6 is 11.3 Å². The topological polar surface area (TPSA) is 50.4 Å². The molecule has 5 heteroatoms. The number of amides is 1. The highest BCUT2D eigenvalue weighted by molar-refractivity contribution is 7.09. The second-order valence-corrected chi connectivity index (χ2v) is 4.70. The summed E-state index contributed by atoms with van der Waals surface area (Å²) in [5, 5.41) is 8.13. The Morgan fingerprint density at radius 2 is 2.29 bits per heavy atom. The van der Waals surface area contributed by atoms with Gasteiger partial charge in [0.15, 0.2) is 0 Å². The smallest absolute Gasteiger partial charge is 0.221 e. The van der Waals surface area contributed by atoms with E-state index in [1.165, 1.54) is 4.88 Å². The zero-order valence-electron chi connectivity index (χ0n) is 10.2. The summed E-state index contributed by atoms with van der Waals surface area (Å²) in [5.41, 5.74) is 0. The van der Waals surface area contributed by atoms with E-state index in [2.05, 4.69) is 28.1 Å². The number of carbonyl (C=O) groups excluding carboxylic acids is 1. The molecular weight excluding hydrogens is 236 g/mol. The van der Waals surface area contributed by atoms with Crippen LogP contribution in [0, 0.1) is 0 Å². The molecule has 96 valence electrons. The molecule has 0 aliphatic heterocycles. The van der Waals surface area contributed by atoms with Gasteiger partial charge in [0, 0.05) is 31.5 Å². The highest BCUT2D eigenvalue weighted by atomic mass is 32.1. The van der Waals surface area contributed by atoms with E-state index in [1.54, 1.807) is 18.4 Å². The van der Waals surface area contributed by atoms with Crippen molar-refractivity contribution >= 4 is 17.2 Å². The molecule has 4 nitrogen and oxygen atoms in total. The SMILES string of the molecule is COCCNC(=O)CCNCCc1cccs1. The van der Waals surface area contributed by atoms with Gasteiger partial charge in [-0.3, -0.25) is 4.79 Å². The van der Waals surface area contributed by atoms with E-state index in [9.17, 15) is 4.79 Å². The van der Waals surface area contributed by atoms with Crippen LogP contribution in [-0.4, -0.2) is 39.3 Å². The Kier molecular flexibility index (Phi) is 7.62. The first kappa shape index (κ1) is 14.2. The molecule has 0 aliphatic rings. The largest absolute Gasteiger partial charge is 0.383 e. The minimum absolute atomic E-state index is 0.0747. The summed E-state index contributed by atoms with van der Waals surface area (Å²) in [5.74, 6) is 0.0747. The number of ether oxygens (including phenoxy) is 1. The van der Waals surface area contributed by atoms with Crippen molar-refractivity contribution in [2.75, 3.05) is 33.4 Å². The summed E-state index contributed by atoms with van der Waals surface area (Å²) in [6.45, 7) is 2.80. The molecule has 0 saturated carbocycles. The highest BCUT2D eigenvalue weighted by Gasteiger charge is 1.99. The lowest BCUT2D eigenvalue weighted by molar-refractivity contribution is -0.121. The molecule has 0 unspecified atom stereocenters. The first-order valence-electron chi connectivity index (χ1n) is 5.81. The molecule has 0 aromatic carbocycles. The molecule has 2 N–H and O–H groups in total. The monoisotopic (exact) mass is 256 g/mol. The fraction of sp³-hybridized carbons (Fsp3) is 0.583. The first-order valence-corrected chi connectivity index (χ1v) is 6.69. The molecule has 0 saturated heterocycles. The van der Waals surface area contributed by atoms with Gasteiger partial charge in [-0.15, -0.1) is 11.3 Å². The van der Waals surface area contributed by atoms with Gasteiger partial charge < -0.3 is 15.4 Å². The van der Waals surface area contributed by atoms with Crippen molar-refractivity contribution in [3.05, 3.63) is 22.4 Å². The maximum Gasteiger partial charge on any atom is 0.221 e. The zero-order valence-corrected chi connectivity index (χ0v) is 11.0. The van der Waals surface area contributed by atoms with Crippen molar-refractivity contribution in [1.82, 2.24) is 10.6 Å². The van der Waals surface area contributed by atoms with Crippen LogP contribution in [0.2, 0.25) is 0 Å². The van der Waals surface area contributed by atoms with Crippen molar-refractivity contribution < 1.29 is 9.53 Å². The van der Waals surface area contributed by atoms with Gasteiger partial charge in [-0.2, -0.15) is 0 Å². The molecule has 0 bridgehead atoms. The second kappa shape index (κ2) is 9.15. The Morgan fingerprint density at radius 1 is 1.41 bits per heavy atom. The van der Waals surface area contributed by atoms with Gasteiger partial charge in [0.2, 0.25) is 5.91 Å². The average molecular weight is 256 g/mol. The molecule has 0 radical (unpaired) electrons. The van der Waals surface area contributed by atoms with Crippen molar-refractivity contribution in [3.8, 4) is 0 Å². The van der Waals surface area contributed by atoms with Gasteiger partial charge in [-0.25, -0.2) is 0 Å². The summed E-state index contributed by atoms with van der Waals surface area (Å²) in [6.07, 6.45) is 1.55. The van der Waals surface area contributed by atoms with Crippen molar-refractivity contribution in [2.24, 2.45) is 0 Å². The number of hydrogen-bond donors (Lipinski definition) is 2. The lowest BCUT2D eigenvalue weighted by atomic mass is 10.3. The number of rotatable bonds is 9. The number of hydrogen-bond acceptors (Lipinski definition) is 4. The van der Waals surface area contributed by atoms with E-state index in [0.29, 0.717) is 19.6 Å².